The summed E-state index contributed by atoms with van der Waals surface area (Å²) in [6.45, 7) is 1.40. The number of hydrogen-bond donors (Lipinski definition) is 2. The highest BCUT2D eigenvalue weighted by Gasteiger charge is 1.98. The summed E-state index contributed by atoms with van der Waals surface area (Å²) in [7, 11) is 0. The van der Waals surface area contributed by atoms with E-state index in [0.29, 0.717) is 6.54 Å². The van der Waals surface area contributed by atoms with Gasteiger partial charge in [-0.15, -0.1) is 0 Å². The Hall–Kier alpha value is -1.08. The largest absolute Gasteiger partial charge is 0.394 e. The number of nitrogens with one attached hydrogen (secondary N) is 1. The molecular formula is C12H14IN3O. The van der Waals surface area contributed by atoms with E-state index in [1.165, 1.54) is 3.57 Å². The average molecular weight is 343 g/mol. The third-order valence-corrected chi connectivity index (χ3v) is 3.08. The van der Waals surface area contributed by atoms with E-state index in [1.54, 1.807) is 4.68 Å². The fourth-order valence-electron chi connectivity index (χ4n) is 1.49. The Balaban J connectivity index is 1.90. The molecule has 2 aromatic rings. The second-order valence-electron chi connectivity index (χ2n) is 3.70. The number of aliphatic hydroxyl groups is 1. The van der Waals surface area contributed by atoms with Crippen LogP contribution in [0.15, 0.2) is 36.7 Å². The maximum Gasteiger partial charge on any atom is 0.0640 e. The molecule has 0 spiro atoms. The normalized spacial score (nSPS) is 10.5. The zero-order valence-corrected chi connectivity index (χ0v) is 11.5. The van der Waals surface area contributed by atoms with Crippen LogP contribution in [0.4, 0.5) is 5.69 Å². The molecule has 0 unspecified atom stereocenters. The van der Waals surface area contributed by atoms with E-state index in [1.807, 2.05) is 12.4 Å². The van der Waals surface area contributed by atoms with Crippen LogP contribution in [0.3, 0.4) is 0 Å². The Morgan fingerprint density at radius 3 is 2.76 bits per heavy atom. The Morgan fingerprint density at radius 1 is 1.29 bits per heavy atom. The van der Waals surface area contributed by atoms with Crippen molar-refractivity contribution in [3.05, 3.63) is 45.8 Å². The van der Waals surface area contributed by atoms with Crippen molar-refractivity contribution in [1.82, 2.24) is 9.78 Å². The zero-order valence-electron chi connectivity index (χ0n) is 9.31. The Morgan fingerprint density at radius 2 is 2.06 bits per heavy atom. The first kappa shape index (κ1) is 12.4. The van der Waals surface area contributed by atoms with Gasteiger partial charge in [0, 0.05) is 27.6 Å². The molecule has 0 saturated carbocycles. The van der Waals surface area contributed by atoms with Crippen molar-refractivity contribution in [3.8, 4) is 0 Å². The van der Waals surface area contributed by atoms with E-state index in [9.17, 15) is 0 Å². The van der Waals surface area contributed by atoms with Crippen LogP contribution >= 0.6 is 22.6 Å². The quantitative estimate of drug-likeness (QED) is 0.818. The molecule has 17 heavy (non-hydrogen) atoms. The predicted octanol–water partition coefficient (Wildman–Crippen LogP) is 2.09. The van der Waals surface area contributed by atoms with Gasteiger partial charge in [0.25, 0.3) is 0 Å². The van der Waals surface area contributed by atoms with E-state index in [2.05, 4.69) is 57.3 Å². The molecular weight excluding hydrogens is 329 g/mol. The second kappa shape index (κ2) is 6.02. The average Bonchev–Trinajstić information content (AvgIpc) is 2.77. The lowest BCUT2D eigenvalue weighted by Crippen LogP contribution is -2.02. The van der Waals surface area contributed by atoms with Gasteiger partial charge in [0.2, 0.25) is 0 Å². The molecule has 1 aromatic heterocycles. The van der Waals surface area contributed by atoms with Crippen LogP contribution in [0.2, 0.25) is 0 Å². The van der Waals surface area contributed by atoms with Crippen molar-refractivity contribution >= 4 is 28.3 Å². The molecule has 0 saturated heterocycles. The van der Waals surface area contributed by atoms with Crippen LogP contribution in [0.1, 0.15) is 5.56 Å². The lowest BCUT2D eigenvalue weighted by atomic mass is 10.3. The molecule has 2 rings (SSSR count). The molecule has 0 atom stereocenters. The standard InChI is InChI=1S/C12H14IN3O/c13-11-1-3-12(4-2-11)14-7-10-8-15-16(9-10)5-6-17/h1-4,8-9,14,17H,5-7H2. The van der Waals surface area contributed by atoms with Gasteiger partial charge in [-0.1, -0.05) is 0 Å². The van der Waals surface area contributed by atoms with Crippen LogP contribution in [0.25, 0.3) is 0 Å². The highest BCUT2D eigenvalue weighted by atomic mass is 127. The molecule has 2 N–H and O–H groups in total. The maximum atomic E-state index is 8.79. The lowest BCUT2D eigenvalue weighted by molar-refractivity contribution is 0.269. The van der Waals surface area contributed by atoms with E-state index in [4.69, 9.17) is 5.11 Å². The van der Waals surface area contributed by atoms with Crippen molar-refractivity contribution in [2.24, 2.45) is 0 Å². The Bertz CT molecular complexity index is 467. The van der Waals surface area contributed by atoms with Gasteiger partial charge in [-0.3, -0.25) is 4.68 Å². The van der Waals surface area contributed by atoms with E-state index < -0.39 is 0 Å². The monoisotopic (exact) mass is 343 g/mol. The van der Waals surface area contributed by atoms with E-state index in [0.717, 1.165) is 17.8 Å². The fourth-order valence-corrected chi connectivity index (χ4v) is 1.85. The minimum absolute atomic E-state index is 0.117. The van der Waals surface area contributed by atoms with Gasteiger partial charge in [-0.2, -0.15) is 5.10 Å². The van der Waals surface area contributed by atoms with E-state index in [-0.39, 0.29) is 6.61 Å². The first-order valence-electron chi connectivity index (χ1n) is 5.39. The number of aliphatic hydroxyl groups excluding tert-OH is 1. The number of benzene rings is 1. The minimum atomic E-state index is 0.117. The van der Waals surface area contributed by atoms with Crippen molar-refractivity contribution in [1.29, 1.82) is 0 Å². The summed E-state index contributed by atoms with van der Waals surface area (Å²) in [5.41, 5.74) is 2.21. The smallest absolute Gasteiger partial charge is 0.0640 e. The molecule has 0 aliphatic heterocycles. The number of nitrogens with zero attached hydrogens (tertiary/aromatic N) is 2. The first-order valence-corrected chi connectivity index (χ1v) is 6.47. The molecule has 4 nitrogen and oxygen atoms in total. The van der Waals surface area contributed by atoms with Crippen LogP contribution in [0, 0.1) is 3.57 Å². The highest BCUT2D eigenvalue weighted by Crippen LogP contribution is 2.12. The molecule has 90 valence electrons. The summed E-state index contributed by atoms with van der Waals surface area (Å²) >= 11 is 2.28. The van der Waals surface area contributed by atoms with Crippen LogP contribution in [0.5, 0.6) is 0 Å². The van der Waals surface area contributed by atoms with Gasteiger partial charge >= 0.3 is 0 Å². The SMILES string of the molecule is OCCn1cc(CNc2ccc(I)cc2)cn1. The summed E-state index contributed by atoms with van der Waals surface area (Å²) in [6.07, 6.45) is 3.76. The second-order valence-corrected chi connectivity index (χ2v) is 4.94. The van der Waals surface area contributed by atoms with Crippen LogP contribution in [-0.4, -0.2) is 21.5 Å². The minimum Gasteiger partial charge on any atom is -0.394 e. The number of aromatic nitrogens is 2. The molecule has 1 aromatic carbocycles. The number of halogens is 1. The first-order chi connectivity index (χ1) is 8.28. The van der Waals surface area contributed by atoms with Crippen LogP contribution < -0.4 is 5.32 Å². The molecule has 0 aliphatic carbocycles. The Kier molecular flexibility index (Phi) is 4.38. The molecule has 0 radical (unpaired) electrons. The van der Waals surface area contributed by atoms with Crippen LogP contribution in [-0.2, 0) is 13.1 Å². The van der Waals surface area contributed by atoms with Gasteiger partial charge in [0.1, 0.15) is 0 Å². The summed E-state index contributed by atoms with van der Waals surface area (Å²) in [5, 5.41) is 16.3. The van der Waals surface area contributed by atoms with Gasteiger partial charge in [0.05, 0.1) is 19.3 Å². The van der Waals surface area contributed by atoms with E-state index >= 15 is 0 Å². The number of anilines is 1. The summed E-state index contributed by atoms with van der Waals surface area (Å²) in [5.74, 6) is 0. The number of rotatable bonds is 5. The van der Waals surface area contributed by atoms with Gasteiger partial charge in [0.15, 0.2) is 0 Å². The third kappa shape index (κ3) is 3.71. The van der Waals surface area contributed by atoms with Crippen molar-refractivity contribution in [3.63, 3.8) is 0 Å². The number of hydrogen-bond acceptors (Lipinski definition) is 3. The third-order valence-electron chi connectivity index (χ3n) is 2.36. The highest BCUT2D eigenvalue weighted by molar-refractivity contribution is 14.1. The van der Waals surface area contributed by atoms with Gasteiger partial charge < -0.3 is 10.4 Å². The molecule has 5 heteroatoms. The summed E-state index contributed by atoms with van der Waals surface area (Å²) in [4.78, 5) is 0. The van der Waals surface area contributed by atoms with Crippen molar-refractivity contribution in [2.75, 3.05) is 11.9 Å². The molecule has 0 aliphatic rings. The Labute approximate surface area is 114 Å². The molecule has 0 bridgehead atoms. The van der Waals surface area contributed by atoms with Crippen molar-refractivity contribution < 1.29 is 5.11 Å². The molecule has 1 heterocycles. The summed E-state index contributed by atoms with van der Waals surface area (Å²) < 4.78 is 2.97. The molecule has 0 fully saturated rings. The lowest BCUT2D eigenvalue weighted by Gasteiger charge is -2.04. The fraction of sp³-hybridized carbons (Fsp3) is 0.250. The summed E-state index contributed by atoms with van der Waals surface area (Å²) in [6, 6.07) is 8.25. The predicted molar refractivity (Wildman–Crippen MR) is 75.8 cm³/mol. The van der Waals surface area contributed by atoms with Gasteiger partial charge in [-0.25, -0.2) is 0 Å². The topological polar surface area (TPSA) is 50.1 Å². The van der Waals surface area contributed by atoms with Gasteiger partial charge in [-0.05, 0) is 46.9 Å². The van der Waals surface area contributed by atoms with Crippen molar-refractivity contribution in [2.45, 2.75) is 13.1 Å². The molecule has 0 amide bonds. The zero-order chi connectivity index (χ0) is 12.1. The maximum absolute atomic E-state index is 8.79.